The van der Waals surface area contributed by atoms with Crippen molar-refractivity contribution in [1.29, 1.82) is 0 Å². The number of hydrogen-bond donors (Lipinski definition) is 1. The molecular formula is C19H25NO. The normalized spacial score (nSPS) is 10.8. The molecule has 0 aliphatic heterocycles. The van der Waals surface area contributed by atoms with Crippen LogP contribution in [-0.4, -0.2) is 13.2 Å². The SMILES string of the molecule is C=C(C)CCOc1ccc2ccccc2c1CNCCC. The molecular weight excluding hydrogens is 258 g/mol. The van der Waals surface area contributed by atoms with Crippen molar-refractivity contribution in [1.82, 2.24) is 5.32 Å². The zero-order chi connectivity index (χ0) is 15.1. The second kappa shape index (κ2) is 7.84. The first-order valence-electron chi connectivity index (χ1n) is 7.71. The lowest BCUT2D eigenvalue weighted by Gasteiger charge is -2.15. The van der Waals surface area contributed by atoms with Crippen LogP contribution in [0.25, 0.3) is 10.8 Å². The van der Waals surface area contributed by atoms with Crippen LogP contribution in [0.5, 0.6) is 5.75 Å². The van der Waals surface area contributed by atoms with Crippen LogP contribution in [0.1, 0.15) is 32.3 Å². The van der Waals surface area contributed by atoms with E-state index in [0.29, 0.717) is 6.61 Å². The van der Waals surface area contributed by atoms with Crippen molar-refractivity contribution < 1.29 is 4.74 Å². The van der Waals surface area contributed by atoms with Gasteiger partial charge in [0, 0.05) is 18.5 Å². The molecule has 0 atom stereocenters. The van der Waals surface area contributed by atoms with Crippen molar-refractivity contribution >= 4 is 10.8 Å². The summed E-state index contributed by atoms with van der Waals surface area (Å²) >= 11 is 0. The molecule has 0 aliphatic rings. The third-order valence-electron chi connectivity index (χ3n) is 3.51. The minimum absolute atomic E-state index is 0.689. The quantitative estimate of drug-likeness (QED) is 0.561. The van der Waals surface area contributed by atoms with E-state index >= 15 is 0 Å². The maximum atomic E-state index is 5.99. The molecule has 21 heavy (non-hydrogen) atoms. The van der Waals surface area contributed by atoms with Crippen LogP contribution in [0.3, 0.4) is 0 Å². The van der Waals surface area contributed by atoms with Crippen LogP contribution in [0, 0.1) is 0 Å². The molecule has 2 nitrogen and oxygen atoms in total. The summed E-state index contributed by atoms with van der Waals surface area (Å²) in [6, 6.07) is 12.7. The molecule has 1 N–H and O–H groups in total. The molecule has 0 saturated heterocycles. The third-order valence-corrected chi connectivity index (χ3v) is 3.51. The molecule has 112 valence electrons. The summed E-state index contributed by atoms with van der Waals surface area (Å²) in [6.45, 7) is 10.7. The second-order valence-corrected chi connectivity index (χ2v) is 5.50. The minimum atomic E-state index is 0.689. The van der Waals surface area contributed by atoms with E-state index in [2.05, 4.69) is 55.2 Å². The summed E-state index contributed by atoms with van der Waals surface area (Å²) in [4.78, 5) is 0. The van der Waals surface area contributed by atoms with Gasteiger partial charge in [-0.25, -0.2) is 0 Å². The van der Waals surface area contributed by atoms with E-state index < -0.39 is 0 Å². The van der Waals surface area contributed by atoms with Gasteiger partial charge in [0.2, 0.25) is 0 Å². The van der Waals surface area contributed by atoms with Crippen molar-refractivity contribution in [2.45, 2.75) is 33.2 Å². The molecule has 0 radical (unpaired) electrons. The first-order chi connectivity index (χ1) is 10.2. The fourth-order valence-electron chi connectivity index (χ4n) is 2.36. The number of ether oxygens (including phenoxy) is 1. The summed E-state index contributed by atoms with van der Waals surface area (Å²) in [5.41, 5.74) is 2.41. The van der Waals surface area contributed by atoms with Gasteiger partial charge < -0.3 is 10.1 Å². The number of nitrogens with one attached hydrogen (secondary N) is 1. The Kier molecular flexibility index (Phi) is 5.82. The van der Waals surface area contributed by atoms with Gasteiger partial charge in [-0.15, -0.1) is 6.58 Å². The van der Waals surface area contributed by atoms with E-state index in [4.69, 9.17) is 4.74 Å². The molecule has 0 amide bonds. The monoisotopic (exact) mass is 283 g/mol. The van der Waals surface area contributed by atoms with Crippen molar-refractivity contribution in [3.05, 3.63) is 54.1 Å². The number of rotatable bonds is 8. The van der Waals surface area contributed by atoms with Gasteiger partial charge in [-0.1, -0.05) is 42.8 Å². The molecule has 0 aliphatic carbocycles. The molecule has 0 fully saturated rings. The average molecular weight is 283 g/mol. The number of fused-ring (bicyclic) bond motifs is 1. The fraction of sp³-hybridized carbons (Fsp3) is 0.368. The minimum Gasteiger partial charge on any atom is -0.493 e. The van der Waals surface area contributed by atoms with E-state index in [9.17, 15) is 0 Å². The molecule has 0 spiro atoms. The molecule has 0 unspecified atom stereocenters. The molecule has 0 aromatic heterocycles. The Morgan fingerprint density at radius 1 is 1.19 bits per heavy atom. The van der Waals surface area contributed by atoms with Gasteiger partial charge in [-0.3, -0.25) is 0 Å². The van der Waals surface area contributed by atoms with Gasteiger partial charge in [0.25, 0.3) is 0 Å². The topological polar surface area (TPSA) is 21.3 Å². The van der Waals surface area contributed by atoms with E-state index in [1.54, 1.807) is 0 Å². The highest BCUT2D eigenvalue weighted by Gasteiger charge is 2.08. The predicted octanol–water partition coefficient (Wildman–Crippen LogP) is 4.68. The van der Waals surface area contributed by atoms with Crippen LogP contribution in [-0.2, 0) is 6.54 Å². The molecule has 0 saturated carbocycles. The van der Waals surface area contributed by atoms with E-state index in [1.807, 2.05) is 6.92 Å². The molecule has 2 rings (SSSR count). The fourth-order valence-corrected chi connectivity index (χ4v) is 2.36. The highest BCUT2D eigenvalue weighted by molar-refractivity contribution is 5.87. The Balaban J connectivity index is 2.24. The van der Waals surface area contributed by atoms with Crippen molar-refractivity contribution in [3.8, 4) is 5.75 Å². The maximum absolute atomic E-state index is 5.99. The van der Waals surface area contributed by atoms with Gasteiger partial charge >= 0.3 is 0 Å². The van der Waals surface area contributed by atoms with Gasteiger partial charge in [-0.05, 0) is 36.7 Å². The number of benzene rings is 2. The summed E-state index contributed by atoms with van der Waals surface area (Å²) < 4.78 is 5.99. The van der Waals surface area contributed by atoms with Crippen LogP contribution in [0.2, 0.25) is 0 Å². The lowest BCUT2D eigenvalue weighted by molar-refractivity contribution is 0.318. The van der Waals surface area contributed by atoms with Crippen LogP contribution in [0.15, 0.2) is 48.6 Å². The highest BCUT2D eigenvalue weighted by Crippen LogP contribution is 2.28. The molecule has 2 aromatic carbocycles. The summed E-state index contributed by atoms with van der Waals surface area (Å²) in [7, 11) is 0. The molecule has 0 bridgehead atoms. The predicted molar refractivity (Wildman–Crippen MR) is 90.9 cm³/mol. The summed E-state index contributed by atoms with van der Waals surface area (Å²) in [6.07, 6.45) is 2.03. The Hall–Kier alpha value is -1.80. The summed E-state index contributed by atoms with van der Waals surface area (Å²) in [5.74, 6) is 0.985. The van der Waals surface area contributed by atoms with Crippen molar-refractivity contribution in [2.24, 2.45) is 0 Å². The summed E-state index contributed by atoms with van der Waals surface area (Å²) in [5, 5.41) is 6.02. The lowest BCUT2D eigenvalue weighted by atomic mass is 10.0. The van der Waals surface area contributed by atoms with Gasteiger partial charge in [0.1, 0.15) is 5.75 Å². The molecule has 2 aromatic rings. The Labute approximate surface area is 127 Å². The van der Waals surface area contributed by atoms with Crippen LogP contribution in [0.4, 0.5) is 0 Å². The lowest BCUT2D eigenvalue weighted by Crippen LogP contribution is -2.15. The first kappa shape index (κ1) is 15.6. The standard InChI is InChI=1S/C19H25NO/c1-4-12-20-14-18-17-8-6-5-7-16(17)9-10-19(18)21-13-11-15(2)3/h5-10,20H,2,4,11-14H2,1,3H3. The Morgan fingerprint density at radius 3 is 2.76 bits per heavy atom. The second-order valence-electron chi connectivity index (χ2n) is 5.50. The first-order valence-corrected chi connectivity index (χ1v) is 7.71. The van der Waals surface area contributed by atoms with E-state index in [0.717, 1.165) is 37.3 Å². The Morgan fingerprint density at radius 2 is 2.00 bits per heavy atom. The Bertz CT molecular complexity index is 604. The smallest absolute Gasteiger partial charge is 0.124 e. The van der Waals surface area contributed by atoms with Crippen LogP contribution >= 0.6 is 0 Å². The zero-order valence-electron chi connectivity index (χ0n) is 13.1. The van der Waals surface area contributed by atoms with Crippen molar-refractivity contribution in [3.63, 3.8) is 0 Å². The van der Waals surface area contributed by atoms with Gasteiger partial charge in [0.05, 0.1) is 6.61 Å². The third kappa shape index (κ3) is 4.33. The van der Waals surface area contributed by atoms with Crippen LogP contribution < -0.4 is 10.1 Å². The number of hydrogen-bond acceptors (Lipinski definition) is 2. The van der Waals surface area contributed by atoms with Gasteiger partial charge in [-0.2, -0.15) is 0 Å². The zero-order valence-corrected chi connectivity index (χ0v) is 13.1. The van der Waals surface area contributed by atoms with E-state index in [-0.39, 0.29) is 0 Å². The maximum Gasteiger partial charge on any atom is 0.124 e. The largest absolute Gasteiger partial charge is 0.493 e. The molecule has 0 heterocycles. The average Bonchev–Trinajstić information content (AvgIpc) is 2.48. The van der Waals surface area contributed by atoms with Gasteiger partial charge in [0.15, 0.2) is 0 Å². The molecule has 2 heteroatoms. The van der Waals surface area contributed by atoms with Crippen molar-refractivity contribution in [2.75, 3.05) is 13.2 Å². The van der Waals surface area contributed by atoms with E-state index in [1.165, 1.54) is 16.3 Å². The highest BCUT2D eigenvalue weighted by atomic mass is 16.5.